The molecule has 4 aromatic rings. The lowest BCUT2D eigenvalue weighted by Crippen LogP contribution is -2.54. The molecule has 8 heteroatoms. The molecule has 3 N–H and O–H groups in total. The Bertz CT molecular complexity index is 1350. The number of carbonyl (C=O) groups excluding carboxylic acids is 2. The van der Waals surface area contributed by atoms with Gasteiger partial charge in [0.1, 0.15) is 5.69 Å². The average molecular weight is 489 g/mol. The van der Waals surface area contributed by atoms with E-state index in [1.54, 1.807) is 42.7 Å². The largest absolute Gasteiger partial charge is 0.351 e. The fourth-order valence-corrected chi connectivity index (χ4v) is 4.86. The second-order valence-corrected chi connectivity index (χ2v) is 9.25. The molecule has 0 radical (unpaired) electrons. The zero-order valence-corrected chi connectivity index (χ0v) is 19.7. The van der Waals surface area contributed by atoms with Gasteiger partial charge in [-0.25, -0.2) is 5.06 Å². The van der Waals surface area contributed by atoms with Gasteiger partial charge in [-0.2, -0.15) is 0 Å². The van der Waals surface area contributed by atoms with Gasteiger partial charge >= 0.3 is 0 Å². The summed E-state index contributed by atoms with van der Waals surface area (Å²) in [6.07, 6.45) is 6.48. The molecule has 178 valence electrons. The summed E-state index contributed by atoms with van der Waals surface area (Å²) in [5.74, 6) is -0.769. The van der Waals surface area contributed by atoms with E-state index < -0.39 is 11.9 Å². The molecule has 0 saturated heterocycles. The molecular weight excluding hydrogens is 464 g/mol. The van der Waals surface area contributed by atoms with Crippen molar-refractivity contribution in [1.82, 2.24) is 20.3 Å². The Morgan fingerprint density at radius 2 is 1.69 bits per heavy atom. The van der Waals surface area contributed by atoms with Crippen LogP contribution in [-0.4, -0.2) is 44.1 Å². The number of amides is 2. The lowest BCUT2D eigenvalue weighted by Gasteiger charge is -2.36. The predicted octanol–water partition coefficient (Wildman–Crippen LogP) is 5.46. The number of nitrogens with zero attached hydrogens (tertiary/aromatic N) is 2. The molecular formula is C27H25ClN4O3. The molecule has 0 aliphatic heterocycles. The number of pyridine rings is 1. The molecule has 2 heterocycles. The van der Waals surface area contributed by atoms with Crippen molar-refractivity contribution in [3.05, 3.63) is 89.3 Å². The van der Waals surface area contributed by atoms with Crippen LogP contribution >= 0.6 is 11.6 Å². The van der Waals surface area contributed by atoms with Gasteiger partial charge in [0.2, 0.25) is 0 Å². The third-order valence-corrected chi connectivity index (χ3v) is 6.78. The number of carbonyl (C=O) groups is 2. The third-order valence-electron chi connectivity index (χ3n) is 6.54. The number of hydrogen-bond acceptors (Lipinski definition) is 4. The number of halogens is 1. The Morgan fingerprint density at radius 3 is 2.46 bits per heavy atom. The highest BCUT2D eigenvalue weighted by molar-refractivity contribution is 6.31. The Hall–Kier alpha value is -3.68. The van der Waals surface area contributed by atoms with E-state index in [1.165, 1.54) is 0 Å². The van der Waals surface area contributed by atoms with Crippen molar-refractivity contribution >= 4 is 34.3 Å². The SMILES string of the molecule is O=C(N[C@H]1CCCC[C@H]1N(O)C(=O)c1ccc(-c2ccncc2)cc1)c1cc2cc(Cl)ccc2[nH]1. The van der Waals surface area contributed by atoms with E-state index >= 15 is 0 Å². The van der Waals surface area contributed by atoms with Gasteiger partial charge in [0.15, 0.2) is 0 Å². The normalized spacial score (nSPS) is 17.8. The van der Waals surface area contributed by atoms with Gasteiger partial charge in [0.25, 0.3) is 11.8 Å². The van der Waals surface area contributed by atoms with Crippen LogP contribution in [0.3, 0.4) is 0 Å². The first kappa shape index (κ1) is 23.1. The van der Waals surface area contributed by atoms with E-state index in [9.17, 15) is 14.8 Å². The van der Waals surface area contributed by atoms with Crippen molar-refractivity contribution in [2.45, 2.75) is 37.8 Å². The molecule has 1 saturated carbocycles. The number of fused-ring (bicyclic) bond motifs is 1. The maximum absolute atomic E-state index is 13.1. The highest BCUT2D eigenvalue weighted by Crippen LogP contribution is 2.26. The summed E-state index contributed by atoms with van der Waals surface area (Å²) >= 11 is 6.05. The van der Waals surface area contributed by atoms with Gasteiger partial charge in [-0.3, -0.25) is 19.8 Å². The number of hydrogen-bond donors (Lipinski definition) is 3. The predicted molar refractivity (Wildman–Crippen MR) is 134 cm³/mol. The number of benzene rings is 2. The quantitative estimate of drug-likeness (QED) is 0.257. The van der Waals surface area contributed by atoms with Crippen molar-refractivity contribution in [1.29, 1.82) is 0 Å². The highest BCUT2D eigenvalue weighted by Gasteiger charge is 2.34. The highest BCUT2D eigenvalue weighted by atomic mass is 35.5. The monoisotopic (exact) mass is 488 g/mol. The minimum Gasteiger partial charge on any atom is -0.351 e. The van der Waals surface area contributed by atoms with Crippen LogP contribution in [0.4, 0.5) is 0 Å². The van der Waals surface area contributed by atoms with E-state index in [0.717, 1.165) is 39.9 Å². The fourth-order valence-electron chi connectivity index (χ4n) is 4.68. The van der Waals surface area contributed by atoms with Gasteiger partial charge < -0.3 is 10.3 Å². The summed E-state index contributed by atoms with van der Waals surface area (Å²) in [6, 6.07) is 17.1. The van der Waals surface area contributed by atoms with E-state index in [2.05, 4.69) is 15.3 Å². The molecule has 2 aromatic carbocycles. The van der Waals surface area contributed by atoms with Crippen molar-refractivity contribution in [2.24, 2.45) is 0 Å². The van der Waals surface area contributed by atoms with Gasteiger partial charge in [-0.15, -0.1) is 0 Å². The van der Waals surface area contributed by atoms with Crippen LogP contribution in [0, 0.1) is 0 Å². The molecule has 2 aromatic heterocycles. The Morgan fingerprint density at radius 1 is 0.971 bits per heavy atom. The summed E-state index contributed by atoms with van der Waals surface area (Å²) in [4.78, 5) is 33.2. The van der Waals surface area contributed by atoms with Crippen LogP contribution in [0.15, 0.2) is 73.1 Å². The van der Waals surface area contributed by atoms with E-state index in [1.807, 2.05) is 30.3 Å². The zero-order chi connectivity index (χ0) is 24.4. The molecule has 7 nitrogen and oxygen atoms in total. The smallest absolute Gasteiger partial charge is 0.277 e. The number of aromatic amines is 1. The maximum atomic E-state index is 13.1. The molecule has 1 fully saturated rings. The molecule has 5 rings (SSSR count). The standard InChI is InChI=1S/C27H25ClN4O3/c28-21-9-10-22-20(15-21)16-24(30-22)26(33)31-23-3-1-2-4-25(23)32(35)27(34)19-7-5-17(6-8-19)18-11-13-29-14-12-18/h5-16,23,25,30,35H,1-4H2,(H,31,33)/t23-,25+/m0/s1. The second-order valence-electron chi connectivity index (χ2n) is 8.81. The first-order chi connectivity index (χ1) is 17.0. The lowest BCUT2D eigenvalue weighted by molar-refractivity contribution is -0.103. The van der Waals surface area contributed by atoms with Crippen LogP contribution in [0.2, 0.25) is 5.02 Å². The van der Waals surface area contributed by atoms with Gasteiger partial charge in [0, 0.05) is 33.9 Å². The van der Waals surface area contributed by atoms with Crippen molar-refractivity contribution in [3.8, 4) is 11.1 Å². The molecule has 35 heavy (non-hydrogen) atoms. The fraction of sp³-hybridized carbons (Fsp3) is 0.222. The molecule has 1 aliphatic rings. The average Bonchev–Trinajstić information content (AvgIpc) is 3.32. The Labute approximate surface area is 207 Å². The van der Waals surface area contributed by atoms with Gasteiger partial charge in [0.05, 0.1) is 12.1 Å². The van der Waals surface area contributed by atoms with Crippen molar-refractivity contribution in [3.63, 3.8) is 0 Å². The van der Waals surface area contributed by atoms with E-state index in [4.69, 9.17) is 11.6 Å². The van der Waals surface area contributed by atoms with Crippen LogP contribution in [-0.2, 0) is 0 Å². The Balaban J connectivity index is 1.30. The number of hydroxylamine groups is 2. The van der Waals surface area contributed by atoms with Crippen molar-refractivity contribution < 1.29 is 14.8 Å². The summed E-state index contributed by atoms with van der Waals surface area (Å²) in [5.41, 5.74) is 3.56. The second kappa shape index (κ2) is 9.90. The third kappa shape index (κ3) is 4.92. The topological polar surface area (TPSA) is 98.3 Å². The van der Waals surface area contributed by atoms with Crippen LogP contribution in [0.25, 0.3) is 22.0 Å². The van der Waals surface area contributed by atoms with Crippen LogP contribution in [0.5, 0.6) is 0 Å². The first-order valence-electron chi connectivity index (χ1n) is 11.6. The minimum absolute atomic E-state index is 0.281. The molecule has 0 unspecified atom stereocenters. The lowest BCUT2D eigenvalue weighted by atomic mass is 9.89. The van der Waals surface area contributed by atoms with Gasteiger partial charge in [-0.05, 0) is 72.5 Å². The zero-order valence-electron chi connectivity index (χ0n) is 18.9. The van der Waals surface area contributed by atoms with Crippen molar-refractivity contribution in [2.75, 3.05) is 0 Å². The summed E-state index contributed by atoms with van der Waals surface area (Å²) in [6.45, 7) is 0. The number of aromatic nitrogens is 2. The van der Waals surface area contributed by atoms with E-state index in [-0.39, 0.29) is 11.9 Å². The van der Waals surface area contributed by atoms with Crippen LogP contribution < -0.4 is 5.32 Å². The number of H-pyrrole nitrogens is 1. The summed E-state index contributed by atoms with van der Waals surface area (Å²) in [5, 5.41) is 16.1. The minimum atomic E-state index is -0.515. The van der Waals surface area contributed by atoms with Crippen LogP contribution in [0.1, 0.15) is 46.5 Å². The molecule has 1 aliphatic carbocycles. The van der Waals surface area contributed by atoms with E-state index in [0.29, 0.717) is 29.1 Å². The summed E-state index contributed by atoms with van der Waals surface area (Å²) < 4.78 is 0. The maximum Gasteiger partial charge on any atom is 0.277 e. The van der Waals surface area contributed by atoms with Gasteiger partial charge in [-0.1, -0.05) is 36.6 Å². The Kier molecular flexibility index (Phi) is 6.53. The molecule has 2 amide bonds. The molecule has 0 bridgehead atoms. The molecule has 2 atom stereocenters. The number of nitrogens with one attached hydrogen (secondary N) is 2. The number of rotatable bonds is 5. The molecule has 0 spiro atoms. The first-order valence-corrected chi connectivity index (χ1v) is 12.0. The summed E-state index contributed by atoms with van der Waals surface area (Å²) in [7, 11) is 0.